The number of amides is 1. The SMILES string of the molecule is COCCN1CCC2(CCCN(C(=O)c3cnccn3)C2)CC1. The van der Waals surface area contributed by atoms with Crippen molar-refractivity contribution in [2.24, 2.45) is 5.41 Å². The Morgan fingerprint density at radius 2 is 2.09 bits per heavy atom. The van der Waals surface area contributed by atoms with E-state index in [2.05, 4.69) is 14.9 Å². The summed E-state index contributed by atoms with van der Waals surface area (Å²) in [5, 5.41) is 0. The monoisotopic (exact) mass is 318 g/mol. The molecule has 0 aromatic carbocycles. The number of piperidine rings is 2. The number of carbonyl (C=O) groups excluding carboxylic acids is 1. The number of aromatic nitrogens is 2. The molecule has 6 nitrogen and oxygen atoms in total. The number of likely N-dealkylation sites (tertiary alicyclic amines) is 2. The topological polar surface area (TPSA) is 58.6 Å². The molecule has 0 radical (unpaired) electrons. The normalized spacial score (nSPS) is 21.5. The number of methoxy groups -OCH3 is 1. The lowest BCUT2D eigenvalue weighted by Crippen LogP contribution is -2.51. The van der Waals surface area contributed by atoms with Gasteiger partial charge in [0.2, 0.25) is 0 Å². The number of hydrogen-bond acceptors (Lipinski definition) is 5. The summed E-state index contributed by atoms with van der Waals surface area (Å²) in [5.41, 5.74) is 0.752. The fourth-order valence-corrected chi connectivity index (χ4v) is 3.83. The summed E-state index contributed by atoms with van der Waals surface area (Å²) in [6, 6.07) is 0. The average molecular weight is 318 g/mol. The maximum Gasteiger partial charge on any atom is 0.274 e. The van der Waals surface area contributed by atoms with E-state index in [-0.39, 0.29) is 5.91 Å². The molecule has 0 bridgehead atoms. The molecule has 0 aliphatic carbocycles. The minimum absolute atomic E-state index is 0.0268. The second-order valence-electron chi connectivity index (χ2n) is 6.76. The molecule has 126 valence electrons. The Bertz CT molecular complexity index is 515. The third-order valence-electron chi connectivity index (χ3n) is 5.26. The number of rotatable bonds is 4. The Morgan fingerprint density at radius 3 is 2.78 bits per heavy atom. The zero-order chi connectivity index (χ0) is 16.1. The van der Waals surface area contributed by atoms with Gasteiger partial charge in [-0.05, 0) is 44.2 Å². The van der Waals surface area contributed by atoms with Crippen LogP contribution in [0.3, 0.4) is 0 Å². The van der Waals surface area contributed by atoms with Crippen LogP contribution in [0.1, 0.15) is 36.2 Å². The molecule has 23 heavy (non-hydrogen) atoms. The van der Waals surface area contributed by atoms with Crippen molar-refractivity contribution in [3.8, 4) is 0 Å². The Labute approximate surface area is 137 Å². The van der Waals surface area contributed by atoms with Crippen molar-refractivity contribution in [1.82, 2.24) is 19.8 Å². The molecular weight excluding hydrogens is 292 g/mol. The molecule has 0 unspecified atom stereocenters. The van der Waals surface area contributed by atoms with Gasteiger partial charge in [-0.3, -0.25) is 9.78 Å². The van der Waals surface area contributed by atoms with E-state index in [0.29, 0.717) is 11.1 Å². The number of carbonyl (C=O) groups is 1. The van der Waals surface area contributed by atoms with Gasteiger partial charge in [-0.25, -0.2) is 4.98 Å². The summed E-state index contributed by atoms with van der Waals surface area (Å²) in [7, 11) is 1.75. The molecule has 0 saturated carbocycles. The van der Waals surface area contributed by atoms with Crippen LogP contribution in [0.25, 0.3) is 0 Å². The van der Waals surface area contributed by atoms with Crippen LogP contribution in [0.4, 0.5) is 0 Å². The third kappa shape index (κ3) is 3.87. The van der Waals surface area contributed by atoms with E-state index in [1.165, 1.54) is 19.3 Å². The van der Waals surface area contributed by atoms with Gasteiger partial charge < -0.3 is 14.5 Å². The van der Waals surface area contributed by atoms with Gasteiger partial charge in [0.15, 0.2) is 0 Å². The zero-order valence-electron chi connectivity index (χ0n) is 13.9. The van der Waals surface area contributed by atoms with Crippen molar-refractivity contribution < 1.29 is 9.53 Å². The van der Waals surface area contributed by atoms with Crippen LogP contribution in [0.2, 0.25) is 0 Å². The first-order valence-corrected chi connectivity index (χ1v) is 8.49. The molecule has 2 aliphatic rings. The maximum atomic E-state index is 12.6. The molecule has 3 heterocycles. The lowest BCUT2D eigenvalue weighted by molar-refractivity contribution is 0.0162. The van der Waals surface area contributed by atoms with Crippen molar-refractivity contribution in [3.63, 3.8) is 0 Å². The molecule has 2 fully saturated rings. The molecule has 1 spiro atoms. The zero-order valence-corrected chi connectivity index (χ0v) is 13.9. The first kappa shape index (κ1) is 16.3. The van der Waals surface area contributed by atoms with Crippen LogP contribution < -0.4 is 0 Å². The Balaban J connectivity index is 1.59. The summed E-state index contributed by atoms with van der Waals surface area (Å²) >= 11 is 0. The second-order valence-corrected chi connectivity index (χ2v) is 6.76. The molecule has 3 rings (SSSR count). The molecule has 1 aromatic rings. The summed E-state index contributed by atoms with van der Waals surface area (Å²) < 4.78 is 5.17. The quantitative estimate of drug-likeness (QED) is 0.841. The minimum atomic E-state index is 0.0268. The molecule has 2 aliphatic heterocycles. The molecule has 1 amide bonds. The largest absolute Gasteiger partial charge is 0.383 e. The number of ether oxygens (including phenoxy) is 1. The fourth-order valence-electron chi connectivity index (χ4n) is 3.83. The van der Waals surface area contributed by atoms with Gasteiger partial charge >= 0.3 is 0 Å². The van der Waals surface area contributed by atoms with Crippen molar-refractivity contribution in [1.29, 1.82) is 0 Å². The van der Waals surface area contributed by atoms with Crippen LogP contribution in [-0.2, 0) is 4.74 Å². The van der Waals surface area contributed by atoms with Crippen molar-refractivity contribution in [2.45, 2.75) is 25.7 Å². The van der Waals surface area contributed by atoms with Crippen molar-refractivity contribution >= 4 is 5.91 Å². The van der Waals surface area contributed by atoms with E-state index < -0.39 is 0 Å². The van der Waals surface area contributed by atoms with Crippen LogP contribution in [-0.4, -0.2) is 72.1 Å². The highest BCUT2D eigenvalue weighted by atomic mass is 16.5. The standard InChI is InChI=1S/C17H26N4O2/c1-23-12-11-20-9-4-17(5-10-20)3-2-8-21(14-17)16(22)15-13-18-6-7-19-15/h6-7,13H,2-5,8-12,14H2,1H3. The van der Waals surface area contributed by atoms with E-state index in [0.717, 1.165) is 45.8 Å². The minimum Gasteiger partial charge on any atom is -0.383 e. The second kappa shape index (κ2) is 7.36. The summed E-state index contributed by atoms with van der Waals surface area (Å²) in [4.78, 5) is 25.3. The van der Waals surface area contributed by atoms with Gasteiger partial charge in [0.05, 0.1) is 12.8 Å². The maximum absolute atomic E-state index is 12.6. The highest BCUT2D eigenvalue weighted by Crippen LogP contribution is 2.40. The smallest absolute Gasteiger partial charge is 0.274 e. The fraction of sp³-hybridized carbons (Fsp3) is 0.706. The average Bonchev–Trinajstić information content (AvgIpc) is 2.62. The van der Waals surface area contributed by atoms with Crippen LogP contribution >= 0.6 is 0 Å². The summed E-state index contributed by atoms with van der Waals surface area (Å²) in [6.45, 7) is 5.72. The predicted octanol–water partition coefficient (Wildman–Crippen LogP) is 1.44. The first-order chi connectivity index (χ1) is 11.2. The van der Waals surface area contributed by atoms with Crippen molar-refractivity contribution in [2.75, 3.05) is 46.4 Å². The highest BCUT2D eigenvalue weighted by molar-refractivity contribution is 5.92. The molecule has 0 atom stereocenters. The lowest BCUT2D eigenvalue weighted by atomic mass is 9.72. The van der Waals surface area contributed by atoms with Gasteiger partial charge in [0.25, 0.3) is 5.91 Å². The van der Waals surface area contributed by atoms with Gasteiger partial charge in [-0.15, -0.1) is 0 Å². The number of nitrogens with zero attached hydrogens (tertiary/aromatic N) is 4. The van der Waals surface area contributed by atoms with E-state index >= 15 is 0 Å². The van der Waals surface area contributed by atoms with Gasteiger partial charge in [0, 0.05) is 39.1 Å². The van der Waals surface area contributed by atoms with Crippen LogP contribution in [0, 0.1) is 5.41 Å². The molecular formula is C17H26N4O2. The van der Waals surface area contributed by atoms with E-state index in [9.17, 15) is 4.79 Å². The Kier molecular flexibility index (Phi) is 5.23. The van der Waals surface area contributed by atoms with E-state index in [1.54, 1.807) is 25.7 Å². The van der Waals surface area contributed by atoms with Crippen LogP contribution in [0.5, 0.6) is 0 Å². The van der Waals surface area contributed by atoms with E-state index in [4.69, 9.17) is 4.74 Å². The molecule has 0 N–H and O–H groups in total. The number of hydrogen-bond donors (Lipinski definition) is 0. The predicted molar refractivity (Wildman–Crippen MR) is 87.2 cm³/mol. The molecule has 2 saturated heterocycles. The van der Waals surface area contributed by atoms with Gasteiger partial charge in [-0.2, -0.15) is 0 Å². The van der Waals surface area contributed by atoms with Gasteiger partial charge in [-0.1, -0.05) is 0 Å². The van der Waals surface area contributed by atoms with Gasteiger partial charge in [0.1, 0.15) is 5.69 Å². The van der Waals surface area contributed by atoms with Crippen LogP contribution in [0.15, 0.2) is 18.6 Å². The summed E-state index contributed by atoms with van der Waals surface area (Å²) in [5.74, 6) is 0.0268. The highest BCUT2D eigenvalue weighted by Gasteiger charge is 2.39. The van der Waals surface area contributed by atoms with Crippen molar-refractivity contribution in [3.05, 3.63) is 24.3 Å². The Morgan fingerprint density at radius 1 is 1.26 bits per heavy atom. The summed E-state index contributed by atoms with van der Waals surface area (Å²) in [6.07, 6.45) is 9.41. The Hall–Kier alpha value is -1.53. The first-order valence-electron chi connectivity index (χ1n) is 8.49. The lowest BCUT2D eigenvalue weighted by Gasteiger charge is -2.47. The van der Waals surface area contributed by atoms with E-state index in [1.807, 2.05) is 4.90 Å². The molecule has 1 aromatic heterocycles. The molecule has 6 heteroatoms. The third-order valence-corrected chi connectivity index (χ3v) is 5.26.